The Labute approximate surface area is 172 Å². The maximum absolute atomic E-state index is 13.1. The molecule has 29 heavy (non-hydrogen) atoms. The summed E-state index contributed by atoms with van der Waals surface area (Å²) in [5.41, 5.74) is 3.56. The van der Waals surface area contributed by atoms with Crippen LogP contribution in [0.25, 0.3) is 5.57 Å². The van der Waals surface area contributed by atoms with Gasteiger partial charge >= 0.3 is 0 Å². The predicted molar refractivity (Wildman–Crippen MR) is 116 cm³/mol. The lowest BCUT2D eigenvalue weighted by Gasteiger charge is -2.18. The normalized spacial score (nSPS) is 17.1. The van der Waals surface area contributed by atoms with Gasteiger partial charge in [0, 0.05) is 31.0 Å². The summed E-state index contributed by atoms with van der Waals surface area (Å²) in [6.45, 7) is 6.60. The summed E-state index contributed by atoms with van der Waals surface area (Å²) in [7, 11) is 0. The van der Waals surface area contributed by atoms with Crippen molar-refractivity contribution in [3.63, 3.8) is 0 Å². The van der Waals surface area contributed by atoms with Crippen LogP contribution in [0.3, 0.4) is 0 Å². The molecule has 150 valence electrons. The molecule has 1 fully saturated rings. The highest BCUT2D eigenvalue weighted by Gasteiger charge is 2.39. The van der Waals surface area contributed by atoms with Crippen LogP contribution >= 0.6 is 0 Å². The van der Waals surface area contributed by atoms with E-state index in [-0.39, 0.29) is 17.7 Å². The average molecular weight is 389 g/mol. The Morgan fingerprint density at radius 2 is 1.55 bits per heavy atom. The fourth-order valence-electron chi connectivity index (χ4n) is 3.97. The Bertz CT molecular complexity index is 926. The second-order valence-corrected chi connectivity index (χ2v) is 8.10. The van der Waals surface area contributed by atoms with Gasteiger partial charge in [-0.15, -0.1) is 0 Å². The zero-order valence-corrected chi connectivity index (χ0v) is 17.0. The summed E-state index contributed by atoms with van der Waals surface area (Å²) >= 11 is 0. The Morgan fingerprint density at radius 1 is 0.897 bits per heavy atom. The van der Waals surface area contributed by atoms with Gasteiger partial charge < -0.3 is 10.2 Å². The molecule has 2 aliphatic rings. The van der Waals surface area contributed by atoms with Gasteiger partial charge in [0.15, 0.2) is 0 Å². The van der Waals surface area contributed by atoms with Crippen molar-refractivity contribution in [1.82, 2.24) is 4.90 Å². The zero-order valence-electron chi connectivity index (χ0n) is 17.0. The summed E-state index contributed by atoms with van der Waals surface area (Å²) in [6.07, 6.45) is 2.46. The van der Waals surface area contributed by atoms with E-state index in [2.05, 4.69) is 22.3 Å². The number of amides is 2. The van der Waals surface area contributed by atoms with E-state index >= 15 is 0 Å². The van der Waals surface area contributed by atoms with E-state index < -0.39 is 0 Å². The van der Waals surface area contributed by atoms with Crippen LogP contribution in [0.15, 0.2) is 60.3 Å². The van der Waals surface area contributed by atoms with Crippen LogP contribution in [0.4, 0.5) is 11.4 Å². The molecular formula is C24H27N3O2. The lowest BCUT2D eigenvalue weighted by molar-refractivity contribution is -0.137. The third kappa shape index (κ3) is 3.90. The van der Waals surface area contributed by atoms with Crippen LogP contribution in [0.1, 0.15) is 32.3 Å². The fourth-order valence-corrected chi connectivity index (χ4v) is 3.97. The van der Waals surface area contributed by atoms with E-state index in [0.717, 1.165) is 24.3 Å². The molecule has 4 rings (SSSR count). The smallest absolute Gasteiger partial charge is 0.278 e. The van der Waals surface area contributed by atoms with Gasteiger partial charge in [-0.05, 0) is 48.6 Å². The molecule has 2 amide bonds. The van der Waals surface area contributed by atoms with E-state index in [1.54, 1.807) is 0 Å². The molecule has 2 aliphatic heterocycles. The molecule has 0 spiro atoms. The number of nitrogens with one attached hydrogen (secondary N) is 1. The molecular weight excluding hydrogens is 362 g/mol. The Hall–Kier alpha value is -3.08. The van der Waals surface area contributed by atoms with Crippen LogP contribution in [0.2, 0.25) is 0 Å². The van der Waals surface area contributed by atoms with Crippen molar-refractivity contribution in [3.05, 3.63) is 65.9 Å². The highest BCUT2D eigenvalue weighted by Crippen LogP contribution is 2.31. The van der Waals surface area contributed by atoms with Gasteiger partial charge in [0.2, 0.25) is 0 Å². The number of carbonyl (C=O) groups is 2. The summed E-state index contributed by atoms with van der Waals surface area (Å²) in [5, 5.41) is 3.24. The average Bonchev–Trinajstić information content (AvgIpc) is 3.33. The Morgan fingerprint density at radius 3 is 2.17 bits per heavy atom. The van der Waals surface area contributed by atoms with Gasteiger partial charge in [0.25, 0.3) is 11.8 Å². The van der Waals surface area contributed by atoms with Gasteiger partial charge in [0.05, 0.1) is 5.57 Å². The van der Waals surface area contributed by atoms with E-state index in [0.29, 0.717) is 17.8 Å². The summed E-state index contributed by atoms with van der Waals surface area (Å²) in [4.78, 5) is 29.9. The highest BCUT2D eigenvalue weighted by atomic mass is 16.2. The van der Waals surface area contributed by atoms with Crippen LogP contribution in [0, 0.1) is 5.92 Å². The third-order valence-electron chi connectivity index (χ3n) is 5.39. The zero-order chi connectivity index (χ0) is 20.4. The van der Waals surface area contributed by atoms with Gasteiger partial charge in [0.1, 0.15) is 5.70 Å². The molecule has 0 aliphatic carbocycles. The molecule has 0 saturated carbocycles. The second-order valence-electron chi connectivity index (χ2n) is 8.10. The van der Waals surface area contributed by atoms with Gasteiger partial charge in [-0.2, -0.15) is 0 Å². The van der Waals surface area contributed by atoms with E-state index in [1.807, 2.05) is 56.3 Å². The van der Waals surface area contributed by atoms with Gasteiger partial charge in [-0.25, -0.2) is 0 Å². The summed E-state index contributed by atoms with van der Waals surface area (Å²) in [5.74, 6) is -0.281. The number of hydrogen-bond donors (Lipinski definition) is 1. The van der Waals surface area contributed by atoms with Crippen LogP contribution in [-0.4, -0.2) is 36.3 Å². The Kier molecular flexibility index (Phi) is 5.38. The van der Waals surface area contributed by atoms with Crippen LogP contribution in [-0.2, 0) is 9.59 Å². The number of imide groups is 1. The molecule has 0 aromatic heterocycles. The SMILES string of the molecule is CC(C)CN1C(=O)C(Nc2ccc(N3CCCC3)cc2)=C(c2ccccc2)C1=O. The van der Waals surface area contributed by atoms with Gasteiger partial charge in [-0.1, -0.05) is 44.2 Å². The van der Waals surface area contributed by atoms with Crippen molar-refractivity contribution in [3.8, 4) is 0 Å². The number of benzene rings is 2. The lowest BCUT2D eigenvalue weighted by Crippen LogP contribution is -2.35. The van der Waals surface area contributed by atoms with Crippen LogP contribution < -0.4 is 10.2 Å². The first-order valence-electron chi connectivity index (χ1n) is 10.3. The minimum atomic E-state index is -0.258. The quantitative estimate of drug-likeness (QED) is 0.755. The van der Waals surface area contributed by atoms with Crippen molar-refractivity contribution in [2.75, 3.05) is 29.9 Å². The lowest BCUT2D eigenvalue weighted by atomic mass is 10.0. The first kappa shape index (κ1) is 19.2. The largest absolute Gasteiger partial charge is 0.372 e. The molecule has 2 heterocycles. The van der Waals surface area contributed by atoms with E-state index in [4.69, 9.17) is 0 Å². The minimum absolute atomic E-state index is 0.207. The van der Waals surface area contributed by atoms with Crippen molar-refractivity contribution < 1.29 is 9.59 Å². The van der Waals surface area contributed by atoms with E-state index in [1.165, 1.54) is 23.4 Å². The number of hydrogen-bond acceptors (Lipinski definition) is 4. The second kappa shape index (κ2) is 8.11. The number of rotatable bonds is 6. The summed E-state index contributed by atoms with van der Waals surface area (Å²) in [6, 6.07) is 17.5. The minimum Gasteiger partial charge on any atom is -0.372 e. The summed E-state index contributed by atoms with van der Waals surface area (Å²) < 4.78 is 0. The number of nitrogens with zero attached hydrogens (tertiary/aromatic N) is 2. The first-order chi connectivity index (χ1) is 14.0. The van der Waals surface area contributed by atoms with Crippen molar-refractivity contribution in [1.29, 1.82) is 0 Å². The predicted octanol–water partition coefficient (Wildman–Crippen LogP) is 4.13. The molecule has 0 atom stereocenters. The maximum atomic E-state index is 13.1. The number of carbonyl (C=O) groups excluding carboxylic acids is 2. The molecule has 0 unspecified atom stereocenters. The van der Waals surface area contributed by atoms with Crippen molar-refractivity contribution >= 4 is 28.8 Å². The molecule has 2 aromatic carbocycles. The highest BCUT2D eigenvalue weighted by molar-refractivity contribution is 6.36. The van der Waals surface area contributed by atoms with Gasteiger partial charge in [-0.3, -0.25) is 14.5 Å². The molecule has 2 aromatic rings. The standard InChI is InChI=1S/C24H27N3O2/c1-17(2)16-27-23(28)21(18-8-4-3-5-9-18)22(24(27)29)25-19-10-12-20(13-11-19)26-14-6-7-15-26/h3-5,8-13,17,25H,6-7,14-16H2,1-2H3. The monoisotopic (exact) mass is 389 g/mol. The third-order valence-corrected chi connectivity index (χ3v) is 5.39. The molecule has 0 radical (unpaired) electrons. The van der Waals surface area contributed by atoms with Crippen LogP contribution in [0.5, 0.6) is 0 Å². The fraction of sp³-hybridized carbons (Fsp3) is 0.333. The molecule has 0 bridgehead atoms. The van der Waals surface area contributed by atoms with Crippen molar-refractivity contribution in [2.45, 2.75) is 26.7 Å². The van der Waals surface area contributed by atoms with Crippen molar-refractivity contribution in [2.24, 2.45) is 5.92 Å². The maximum Gasteiger partial charge on any atom is 0.278 e. The molecule has 1 saturated heterocycles. The van der Waals surface area contributed by atoms with E-state index in [9.17, 15) is 9.59 Å². The Balaban J connectivity index is 1.65. The molecule has 1 N–H and O–H groups in total. The topological polar surface area (TPSA) is 52.7 Å². The molecule has 5 nitrogen and oxygen atoms in total. The first-order valence-corrected chi connectivity index (χ1v) is 10.3. The number of anilines is 2. The molecule has 5 heteroatoms.